The Morgan fingerprint density at radius 1 is 1.17 bits per heavy atom. The maximum atomic E-state index is 11.9. The van der Waals surface area contributed by atoms with Crippen LogP contribution in [0.15, 0.2) is 41.1 Å². The van der Waals surface area contributed by atoms with Crippen LogP contribution in [-0.2, 0) is 0 Å². The molecule has 2 aromatic heterocycles. The molecule has 0 spiro atoms. The summed E-state index contributed by atoms with van der Waals surface area (Å²) in [7, 11) is 1.49. The molecule has 0 saturated heterocycles. The number of carbonyl (C=O) groups is 2. The van der Waals surface area contributed by atoms with Crippen LogP contribution in [0.1, 0.15) is 27.8 Å². The van der Waals surface area contributed by atoms with Crippen LogP contribution in [-0.4, -0.2) is 23.8 Å². The van der Waals surface area contributed by atoms with Crippen LogP contribution in [0, 0.1) is 0 Å². The van der Waals surface area contributed by atoms with Gasteiger partial charge < -0.3 is 14.9 Å². The van der Waals surface area contributed by atoms with E-state index in [-0.39, 0.29) is 17.1 Å². The largest absolute Gasteiger partial charge is 0.493 e. The highest BCUT2D eigenvalue weighted by molar-refractivity contribution is 6.18. The summed E-state index contributed by atoms with van der Waals surface area (Å²) in [6, 6.07) is 7.11. The number of hydrogen-bond acceptors (Lipinski definition) is 5. The lowest BCUT2D eigenvalue weighted by atomic mass is 9.98. The second-order valence-electron chi connectivity index (χ2n) is 4.98. The average molecular weight is 310 g/mol. The predicted octanol–water partition coefficient (Wildman–Crippen LogP) is 2.80. The van der Waals surface area contributed by atoms with Crippen molar-refractivity contribution in [3.05, 3.63) is 48.0 Å². The third kappa shape index (κ3) is 2.34. The van der Waals surface area contributed by atoms with Crippen molar-refractivity contribution in [2.45, 2.75) is 6.92 Å². The standard InChI is InChI=1S/C17H14N2O4/c1-9(20)15-14(17(18)21)13-11(10-5-7-19-8-6-10)3-4-12(22-2)16(13)23-15/h3-8H,1-2H3,(H2,18,21). The van der Waals surface area contributed by atoms with Gasteiger partial charge in [-0.3, -0.25) is 14.6 Å². The maximum Gasteiger partial charge on any atom is 0.253 e. The zero-order valence-corrected chi connectivity index (χ0v) is 12.6. The fourth-order valence-corrected chi connectivity index (χ4v) is 2.60. The minimum Gasteiger partial charge on any atom is -0.493 e. The minimum atomic E-state index is -0.725. The molecule has 0 radical (unpaired) electrons. The van der Waals surface area contributed by atoms with Gasteiger partial charge in [0.25, 0.3) is 5.91 Å². The third-order valence-corrected chi connectivity index (χ3v) is 3.58. The zero-order valence-electron chi connectivity index (χ0n) is 12.6. The number of Topliss-reactive ketones (excluding diaryl/α,β-unsaturated/α-hetero) is 1. The molecule has 1 amide bonds. The lowest BCUT2D eigenvalue weighted by Crippen LogP contribution is -2.14. The van der Waals surface area contributed by atoms with Gasteiger partial charge in [0.15, 0.2) is 22.9 Å². The minimum absolute atomic E-state index is 0.0627. The Morgan fingerprint density at radius 3 is 2.43 bits per heavy atom. The number of primary amides is 1. The molecular formula is C17H14N2O4. The van der Waals surface area contributed by atoms with Gasteiger partial charge in [-0.1, -0.05) is 0 Å². The number of fused-ring (bicyclic) bond motifs is 1. The van der Waals surface area contributed by atoms with Gasteiger partial charge in [-0.25, -0.2) is 0 Å². The SMILES string of the molecule is COc1ccc(-c2ccncc2)c2c(C(N)=O)c(C(C)=O)oc12. The van der Waals surface area contributed by atoms with Crippen molar-refractivity contribution >= 4 is 22.7 Å². The molecule has 1 aromatic carbocycles. The Hall–Kier alpha value is -3.15. The van der Waals surface area contributed by atoms with Crippen LogP contribution in [0.3, 0.4) is 0 Å². The first-order chi connectivity index (χ1) is 11.0. The molecule has 2 N–H and O–H groups in total. The summed E-state index contributed by atoms with van der Waals surface area (Å²) in [5, 5.41) is 0.466. The number of benzene rings is 1. The van der Waals surface area contributed by atoms with E-state index in [0.717, 1.165) is 5.56 Å². The van der Waals surface area contributed by atoms with Crippen LogP contribution < -0.4 is 10.5 Å². The highest BCUT2D eigenvalue weighted by Crippen LogP contribution is 2.39. The van der Waals surface area contributed by atoms with Crippen molar-refractivity contribution in [3.63, 3.8) is 0 Å². The van der Waals surface area contributed by atoms with E-state index >= 15 is 0 Å². The molecule has 0 aliphatic rings. The molecule has 0 aliphatic carbocycles. The van der Waals surface area contributed by atoms with Gasteiger partial charge in [-0.2, -0.15) is 0 Å². The van der Waals surface area contributed by atoms with Crippen LogP contribution in [0.25, 0.3) is 22.1 Å². The summed E-state index contributed by atoms with van der Waals surface area (Å²) in [6.45, 7) is 1.32. The summed E-state index contributed by atoms with van der Waals surface area (Å²) < 4.78 is 10.9. The lowest BCUT2D eigenvalue weighted by Gasteiger charge is -2.07. The molecule has 0 unspecified atom stereocenters. The number of ether oxygens (including phenoxy) is 1. The van der Waals surface area contributed by atoms with Crippen molar-refractivity contribution < 1.29 is 18.7 Å². The van der Waals surface area contributed by atoms with Crippen molar-refractivity contribution in [2.24, 2.45) is 5.73 Å². The smallest absolute Gasteiger partial charge is 0.253 e. The van der Waals surface area contributed by atoms with Crippen LogP contribution >= 0.6 is 0 Å². The molecule has 3 aromatic rings. The first-order valence-corrected chi connectivity index (χ1v) is 6.89. The fraction of sp³-hybridized carbons (Fsp3) is 0.118. The second kappa shape index (κ2) is 5.57. The molecular weight excluding hydrogens is 296 g/mol. The maximum absolute atomic E-state index is 11.9. The molecule has 2 heterocycles. The molecule has 0 atom stereocenters. The second-order valence-corrected chi connectivity index (χ2v) is 4.98. The molecule has 0 aliphatic heterocycles. The van der Waals surface area contributed by atoms with E-state index in [4.69, 9.17) is 14.9 Å². The van der Waals surface area contributed by atoms with Crippen molar-refractivity contribution in [1.82, 2.24) is 4.98 Å². The normalized spacial score (nSPS) is 10.7. The highest BCUT2D eigenvalue weighted by Gasteiger charge is 2.26. The van der Waals surface area contributed by atoms with Crippen LogP contribution in [0.2, 0.25) is 0 Å². The average Bonchev–Trinajstić information content (AvgIpc) is 2.95. The Labute approximate surface area is 131 Å². The van der Waals surface area contributed by atoms with Gasteiger partial charge in [-0.05, 0) is 35.4 Å². The summed E-state index contributed by atoms with van der Waals surface area (Å²) in [5.74, 6) is -0.740. The van der Waals surface area contributed by atoms with E-state index < -0.39 is 5.91 Å². The number of amides is 1. The van der Waals surface area contributed by atoms with E-state index in [0.29, 0.717) is 22.3 Å². The van der Waals surface area contributed by atoms with Crippen molar-refractivity contribution in [1.29, 1.82) is 0 Å². The fourth-order valence-electron chi connectivity index (χ4n) is 2.60. The summed E-state index contributed by atoms with van der Waals surface area (Å²) in [4.78, 5) is 27.8. The Morgan fingerprint density at radius 2 is 1.87 bits per heavy atom. The van der Waals surface area contributed by atoms with Gasteiger partial charge in [-0.15, -0.1) is 0 Å². The van der Waals surface area contributed by atoms with E-state index in [1.807, 2.05) is 0 Å². The number of furan rings is 1. The number of hydrogen-bond donors (Lipinski definition) is 1. The van der Waals surface area contributed by atoms with E-state index in [1.54, 1.807) is 36.7 Å². The molecule has 6 nitrogen and oxygen atoms in total. The quantitative estimate of drug-likeness (QED) is 0.748. The van der Waals surface area contributed by atoms with Crippen molar-refractivity contribution in [3.8, 4) is 16.9 Å². The number of rotatable bonds is 4. The van der Waals surface area contributed by atoms with Gasteiger partial charge in [0.2, 0.25) is 0 Å². The predicted molar refractivity (Wildman–Crippen MR) is 84.5 cm³/mol. The first kappa shape index (κ1) is 14.8. The van der Waals surface area contributed by atoms with Gasteiger partial charge in [0, 0.05) is 24.7 Å². The number of pyridine rings is 1. The summed E-state index contributed by atoms with van der Waals surface area (Å²) in [6.07, 6.45) is 3.28. The summed E-state index contributed by atoms with van der Waals surface area (Å²) in [5.41, 5.74) is 7.43. The number of methoxy groups -OCH3 is 1. The molecule has 3 rings (SSSR count). The topological polar surface area (TPSA) is 95.4 Å². The van der Waals surface area contributed by atoms with Gasteiger partial charge >= 0.3 is 0 Å². The molecule has 116 valence electrons. The number of nitrogens with two attached hydrogens (primary N) is 1. The molecule has 0 saturated carbocycles. The number of aromatic nitrogens is 1. The molecule has 0 fully saturated rings. The van der Waals surface area contributed by atoms with Crippen LogP contribution in [0.5, 0.6) is 5.75 Å². The van der Waals surface area contributed by atoms with E-state index in [2.05, 4.69) is 4.98 Å². The first-order valence-electron chi connectivity index (χ1n) is 6.89. The van der Waals surface area contributed by atoms with Crippen molar-refractivity contribution in [2.75, 3.05) is 7.11 Å². The Balaban J connectivity index is 2.48. The van der Waals surface area contributed by atoms with E-state index in [1.165, 1.54) is 14.0 Å². The molecule has 23 heavy (non-hydrogen) atoms. The van der Waals surface area contributed by atoms with Gasteiger partial charge in [0.05, 0.1) is 12.7 Å². The molecule has 0 bridgehead atoms. The highest BCUT2D eigenvalue weighted by atomic mass is 16.5. The zero-order chi connectivity index (χ0) is 16.6. The number of carbonyl (C=O) groups excluding carboxylic acids is 2. The summed E-state index contributed by atoms with van der Waals surface area (Å²) >= 11 is 0. The lowest BCUT2D eigenvalue weighted by molar-refractivity contribution is 0.0958. The van der Waals surface area contributed by atoms with E-state index in [9.17, 15) is 9.59 Å². The number of ketones is 1. The number of nitrogens with zero attached hydrogens (tertiary/aromatic N) is 1. The monoisotopic (exact) mass is 310 g/mol. The van der Waals surface area contributed by atoms with Crippen LogP contribution in [0.4, 0.5) is 0 Å². The molecule has 6 heteroatoms. The Bertz CT molecular complexity index is 913. The third-order valence-electron chi connectivity index (χ3n) is 3.58. The van der Waals surface area contributed by atoms with Gasteiger partial charge in [0.1, 0.15) is 0 Å². The Kier molecular flexibility index (Phi) is 3.57.